The molecule has 0 aromatic carbocycles. The maximum atomic E-state index is 8.58. The molecule has 0 aliphatic rings. The van der Waals surface area contributed by atoms with Crippen molar-refractivity contribution in [2.45, 2.75) is 6.10 Å². The van der Waals surface area contributed by atoms with Gasteiger partial charge in [-0.1, -0.05) is 0 Å². The first-order chi connectivity index (χ1) is 3.31. The first kappa shape index (κ1) is 7.17. The molecule has 0 bridgehead atoms. The fraction of sp³-hybridized carbons (Fsp3) is 1.00. The van der Waals surface area contributed by atoms with E-state index in [0.29, 0.717) is 6.54 Å². The summed E-state index contributed by atoms with van der Waals surface area (Å²) in [5, 5.41) is 8.58. The lowest BCUT2D eigenvalue weighted by Gasteiger charge is -2.01. The molecule has 7 heavy (non-hydrogen) atoms. The Bertz CT molecular complexity index is 43.9. The number of nitrogens with one attached hydrogen (secondary N) is 1. The molecule has 0 aliphatic heterocycles. The van der Waals surface area contributed by atoms with Crippen LogP contribution < -0.4 is 11.3 Å². The van der Waals surface area contributed by atoms with Gasteiger partial charge in [0.15, 0.2) is 0 Å². The molecule has 44 valence electrons. The quantitative estimate of drug-likeness (QED) is 0.258. The zero-order valence-corrected chi connectivity index (χ0v) is 4.65. The van der Waals surface area contributed by atoms with Gasteiger partial charge in [-0.15, -0.1) is 11.6 Å². The summed E-state index contributed by atoms with van der Waals surface area (Å²) in [5.74, 6) is 5.06. The molecular formula is C3H9ClN2O. The summed E-state index contributed by atoms with van der Waals surface area (Å²) in [4.78, 5) is 0. The smallest absolute Gasteiger partial charge is 0.0813 e. The van der Waals surface area contributed by atoms with Crippen LogP contribution in [0.4, 0.5) is 0 Å². The van der Waals surface area contributed by atoms with E-state index >= 15 is 0 Å². The van der Waals surface area contributed by atoms with Crippen molar-refractivity contribution in [1.82, 2.24) is 5.43 Å². The minimum atomic E-state index is -0.522. The number of hydrogen-bond donors (Lipinski definition) is 3. The lowest BCUT2D eigenvalue weighted by molar-refractivity contribution is 0.195. The Morgan fingerprint density at radius 1 is 1.86 bits per heavy atom. The summed E-state index contributed by atoms with van der Waals surface area (Å²) in [6.07, 6.45) is -0.522. The van der Waals surface area contributed by atoms with E-state index in [1.165, 1.54) is 0 Å². The van der Waals surface area contributed by atoms with Gasteiger partial charge in [0, 0.05) is 12.4 Å². The molecule has 3 nitrogen and oxygen atoms in total. The lowest BCUT2D eigenvalue weighted by Crippen LogP contribution is -2.32. The SMILES string of the molecule is NNCC(O)CCl. The van der Waals surface area contributed by atoms with E-state index in [1.54, 1.807) is 0 Å². The Balaban J connectivity index is 2.83. The van der Waals surface area contributed by atoms with Crippen molar-refractivity contribution in [2.75, 3.05) is 12.4 Å². The molecule has 1 atom stereocenters. The minimum Gasteiger partial charge on any atom is -0.391 e. The Morgan fingerprint density at radius 3 is 2.57 bits per heavy atom. The maximum Gasteiger partial charge on any atom is 0.0813 e. The third-order valence-corrected chi connectivity index (χ3v) is 0.888. The third-order valence-electron chi connectivity index (χ3n) is 0.532. The number of rotatable bonds is 3. The molecule has 4 heteroatoms. The average molecular weight is 125 g/mol. The van der Waals surface area contributed by atoms with Crippen molar-refractivity contribution in [2.24, 2.45) is 5.84 Å². The molecule has 0 saturated carbocycles. The molecule has 0 saturated heterocycles. The number of aliphatic hydroxyl groups is 1. The molecule has 0 radical (unpaired) electrons. The second-order valence-corrected chi connectivity index (χ2v) is 1.52. The van der Waals surface area contributed by atoms with Crippen LogP contribution in [0.3, 0.4) is 0 Å². The highest BCUT2D eigenvalue weighted by Gasteiger charge is 1.96. The molecule has 0 amide bonds. The van der Waals surface area contributed by atoms with Gasteiger partial charge in [-0.2, -0.15) is 0 Å². The third kappa shape index (κ3) is 4.01. The predicted octanol–water partition coefficient (Wildman–Crippen LogP) is -0.951. The van der Waals surface area contributed by atoms with Crippen molar-refractivity contribution in [3.63, 3.8) is 0 Å². The van der Waals surface area contributed by atoms with Gasteiger partial charge in [-0.3, -0.25) is 11.3 Å². The number of hydrazine groups is 1. The van der Waals surface area contributed by atoms with E-state index in [0.717, 1.165) is 0 Å². The number of aliphatic hydroxyl groups excluding tert-OH is 1. The van der Waals surface area contributed by atoms with Crippen LogP contribution >= 0.6 is 11.6 Å². The zero-order chi connectivity index (χ0) is 5.70. The normalized spacial score (nSPS) is 14.1. The molecule has 0 rings (SSSR count). The average Bonchev–Trinajstić information content (AvgIpc) is 1.68. The first-order valence-electron chi connectivity index (χ1n) is 1.98. The van der Waals surface area contributed by atoms with E-state index in [2.05, 4.69) is 5.43 Å². The molecular weight excluding hydrogens is 115 g/mol. The summed E-state index contributed by atoms with van der Waals surface area (Å²) < 4.78 is 0. The molecule has 0 aromatic rings. The van der Waals surface area contributed by atoms with Crippen molar-refractivity contribution in [1.29, 1.82) is 0 Å². The maximum absolute atomic E-state index is 8.58. The monoisotopic (exact) mass is 124 g/mol. The summed E-state index contributed by atoms with van der Waals surface area (Å²) in [6, 6.07) is 0. The summed E-state index contributed by atoms with van der Waals surface area (Å²) in [5.41, 5.74) is 2.28. The number of hydrogen-bond acceptors (Lipinski definition) is 3. The Kier molecular flexibility index (Phi) is 4.44. The van der Waals surface area contributed by atoms with Crippen LogP contribution in [0.5, 0.6) is 0 Å². The van der Waals surface area contributed by atoms with Crippen molar-refractivity contribution in [3.05, 3.63) is 0 Å². The highest BCUT2D eigenvalue weighted by Crippen LogP contribution is 1.81. The van der Waals surface area contributed by atoms with E-state index in [-0.39, 0.29) is 5.88 Å². The number of halogens is 1. The van der Waals surface area contributed by atoms with E-state index in [9.17, 15) is 0 Å². The summed E-state index contributed by atoms with van der Waals surface area (Å²) in [6.45, 7) is 0.351. The van der Waals surface area contributed by atoms with Gasteiger partial charge >= 0.3 is 0 Å². The Labute approximate surface area is 47.4 Å². The predicted molar refractivity (Wildman–Crippen MR) is 28.9 cm³/mol. The fourth-order valence-electron chi connectivity index (χ4n) is 0.191. The first-order valence-corrected chi connectivity index (χ1v) is 2.52. The standard InChI is InChI=1S/C3H9ClN2O/c4-1-3(7)2-6-5/h3,6-7H,1-2,5H2. The van der Waals surface area contributed by atoms with Crippen LogP contribution in [-0.4, -0.2) is 23.6 Å². The molecule has 0 aliphatic carbocycles. The van der Waals surface area contributed by atoms with Crippen LogP contribution in [0, 0.1) is 0 Å². The molecule has 1 unspecified atom stereocenters. The van der Waals surface area contributed by atoms with Crippen molar-refractivity contribution >= 4 is 11.6 Å². The van der Waals surface area contributed by atoms with E-state index < -0.39 is 6.10 Å². The van der Waals surface area contributed by atoms with Crippen LogP contribution in [0.1, 0.15) is 0 Å². The number of nitrogens with two attached hydrogens (primary N) is 1. The van der Waals surface area contributed by atoms with E-state index in [4.69, 9.17) is 22.6 Å². The van der Waals surface area contributed by atoms with E-state index in [1.807, 2.05) is 0 Å². The molecule has 0 fully saturated rings. The zero-order valence-electron chi connectivity index (χ0n) is 3.89. The van der Waals surface area contributed by atoms with Gasteiger partial charge in [-0.05, 0) is 0 Å². The van der Waals surface area contributed by atoms with Crippen molar-refractivity contribution < 1.29 is 5.11 Å². The van der Waals surface area contributed by atoms with Gasteiger partial charge in [0.05, 0.1) is 6.10 Å². The Hall–Kier alpha value is 0.170. The highest BCUT2D eigenvalue weighted by molar-refractivity contribution is 6.18. The fourth-order valence-corrected chi connectivity index (χ4v) is 0.300. The van der Waals surface area contributed by atoms with Crippen LogP contribution in [0.15, 0.2) is 0 Å². The molecule has 0 aromatic heterocycles. The van der Waals surface area contributed by atoms with Crippen LogP contribution in [0.25, 0.3) is 0 Å². The highest BCUT2D eigenvalue weighted by atomic mass is 35.5. The largest absolute Gasteiger partial charge is 0.391 e. The molecule has 4 N–H and O–H groups in total. The van der Waals surface area contributed by atoms with Gasteiger partial charge < -0.3 is 5.11 Å². The molecule has 0 heterocycles. The van der Waals surface area contributed by atoms with Crippen molar-refractivity contribution in [3.8, 4) is 0 Å². The van der Waals surface area contributed by atoms with Gasteiger partial charge in [0.2, 0.25) is 0 Å². The van der Waals surface area contributed by atoms with Gasteiger partial charge in [-0.25, -0.2) is 0 Å². The Morgan fingerprint density at radius 2 is 2.43 bits per heavy atom. The van der Waals surface area contributed by atoms with Gasteiger partial charge in [0.25, 0.3) is 0 Å². The topological polar surface area (TPSA) is 58.3 Å². The molecule has 0 spiro atoms. The lowest BCUT2D eigenvalue weighted by atomic mass is 10.4. The number of alkyl halides is 1. The minimum absolute atomic E-state index is 0.226. The second-order valence-electron chi connectivity index (χ2n) is 1.22. The summed E-state index contributed by atoms with van der Waals surface area (Å²) in [7, 11) is 0. The van der Waals surface area contributed by atoms with Crippen LogP contribution in [0.2, 0.25) is 0 Å². The second kappa shape index (κ2) is 4.33. The van der Waals surface area contributed by atoms with Gasteiger partial charge in [0.1, 0.15) is 0 Å². The summed E-state index contributed by atoms with van der Waals surface area (Å²) >= 11 is 5.19. The van der Waals surface area contributed by atoms with Crippen LogP contribution in [-0.2, 0) is 0 Å².